The Balaban J connectivity index is 1.87. The molecule has 0 aliphatic heterocycles. The van der Waals surface area contributed by atoms with E-state index in [0.717, 1.165) is 22.9 Å². The molecule has 0 aliphatic rings. The third kappa shape index (κ3) is 5.60. The van der Waals surface area contributed by atoms with E-state index in [4.69, 9.17) is 4.74 Å². The van der Waals surface area contributed by atoms with E-state index in [9.17, 15) is 14.0 Å². The van der Waals surface area contributed by atoms with Crippen LogP contribution in [-0.4, -0.2) is 23.7 Å². The van der Waals surface area contributed by atoms with Gasteiger partial charge in [0.05, 0.1) is 5.75 Å². The molecule has 0 saturated heterocycles. The van der Waals surface area contributed by atoms with E-state index in [1.165, 1.54) is 13.0 Å². The van der Waals surface area contributed by atoms with Crippen molar-refractivity contribution in [3.05, 3.63) is 59.4 Å². The third-order valence-electron chi connectivity index (χ3n) is 3.51. The smallest absolute Gasteiger partial charge is 0.317 e. The summed E-state index contributed by atoms with van der Waals surface area (Å²) in [6.07, 6.45) is -0.936. The number of benzene rings is 2. The standard InChI is InChI=1S/C19H20FNO3S/c1-12-8-9-13(2)16(10-12)21-19(23)14(3)24-18(22)11-25-17-7-5-4-6-15(17)20/h4-10,14H,11H2,1-3H3,(H,21,23)/t14-/m1/s1. The maximum Gasteiger partial charge on any atom is 0.317 e. The molecule has 0 aromatic heterocycles. The number of nitrogens with one attached hydrogen (secondary N) is 1. The number of amides is 1. The molecule has 0 spiro atoms. The van der Waals surface area contributed by atoms with Crippen molar-refractivity contribution in [1.29, 1.82) is 0 Å². The van der Waals surface area contributed by atoms with Gasteiger partial charge in [-0.3, -0.25) is 9.59 Å². The van der Waals surface area contributed by atoms with Gasteiger partial charge in [0, 0.05) is 10.6 Å². The van der Waals surface area contributed by atoms with Gasteiger partial charge in [0.25, 0.3) is 5.91 Å². The van der Waals surface area contributed by atoms with Gasteiger partial charge in [0.2, 0.25) is 0 Å². The van der Waals surface area contributed by atoms with Crippen LogP contribution < -0.4 is 5.32 Å². The molecule has 0 fully saturated rings. The molecule has 2 aromatic rings. The lowest BCUT2D eigenvalue weighted by molar-refractivity contribution is -0.150. The summed E-state index contributed by atoms with van der Waals surface area (Å²) in [5.74, 6) is -1.43. The molecule has 0 unspecified atom stereocenters. The molecule has 0 bridgehead atoms. The molecule has 0 aliphatic carbocycles. The predicted octanol–water partition coefficient (Wildman–Crippen LogP) is 4.11. The van der Waals surface area contributed by atoms with Crippen molar-refractivity contribution in [3.63, 3.8) is 0 Å². The topological polar surface area (TPSA) is 55.4 Å². The minimum atomic E-state index is -0.936. The van der Waals surface area contributed by atoms with Crippen LogP contribution in [0.4, 0.5) is 10.1 Å². The van der Waals surface area contributed by atoms with Crippen LogP contribution in [0.5, 0.6) is 0 Å². The number of ether oxygens (including phenoxy) is 1. The zero-order valence-corrected chi connectivity index (χ0v) is 15.2. The molecule has 0 radical (unpaired) electrons. The highest BCUT2D eigenvalue weighted by Crippen LogP contribution is 2.21. The highest BCUT2D eigenvalue weighted by Gasteiger charge is 2.19. The van der Waals surface area contributed by atoms with Gasteiger partial charge >= 0.3 is 5.97 Å². The van der Waals surface area contributed by atoms with E-state index < -0.39 is 18.0 Å². The first kappa shape index (κ1) is 19.0. The molecule has 0 saturated carbocycles. The maximum atomic E-state index is 13.5. The second-order valence-corrected chi connectivity index (χ2v) is 6.68. The summed E-state index contributed by atoms with van der Waals surface area (Å²) in [4.78, 5) is 24.4. The van der Waals surface area contributed by atoms with Crippen LogP contribution >= 0.6 is 11.8 Å². The van der Waals surface area contributed by atoms with Crippen LogP contribution in [0.3, 0.4) is 0 Å². The van der Waals surface area contributed by atoms with Crippen LogP contribution in [0.2, 0.25) is 0 Å². The van der Waals surface area contributed by atoms with Crippen molar-refractivity contribution in [1.82, 2.24) is 0 Å². The van der Waals surface area contributed by atoms with Gasteiger partial charge in [-0.05, 0) is 50.1 Å². The summed E-state index contributed by atoms with van der Waals surface area (Å²) in [6.45, 7) is 5.32. The van der Waals surface area contributed by atoms with E-state index in [-0.39, 0.29) is 11.6 Å². The quantitative estimate of drug-likeness (QED) is 0.622. The van der Waals surface area contributed by atoms with Gasteiger partial charge in [-0.1, -0.05) is 24.3 Å². The number of halogens is 1. The largest absolute Gasteiger partial charge is 0.452 e. The van der Waals surface area contributed by atoms with Crippen LogP contribution in [0, 0.1) is 19.7 Å². The Kier molecular flexibility index (Phi) is 6.58. The second kappa shape index (κ2) is 8.67. The molecular formula is C19H20FNO3S. The third-order valence-corrected chi connectivity index (χ3v) is 4.53. The first-order chi connectivity index (χ1) is 11.9. The summed E-state index contributed by atoms with van der Waals surface area (Å²) >= 11 is 1.04. The predicted molar refractivity (Wildman–Crippen MR) is 97.2 cm³/mol. The number of hydrogen-bond acceptors (Lipinski definition) is 4. The van der Waals surface area contributed by atoms with Crippen LogP contribution in [0.1, 0.15) is 18.1 Å². The fourth-order valence-electron chi connectivity index (χ4n) is 2.09. The molecule has 6 heteroatoms. The fraction of sp³-hybridized carbons (Fsp3) is 0.263. The lowest BCUT2D eigenvalue weighted by atomic mass is 10.1. The Morgan fingerprint density at radius 2 is 1.92 bits per heavy atom. The summed E-state index contributed by atoms with van der Waals surface area (Å²) < 4.78 is 18.6. The van der Waals surface area contributed by atoms with Crippen molar-refractivity contribution < 1.29 is 18.7 Å². The molecule has 0 heterocycles. The lowest BCUT2D eigenvalue weighted by Crippen LogP contribution is -2.30. The van der Waals surface area contributed by atoms with E-state index >= 15 is 0 Å². The highest BCUT2D eigenvalue weighted by atomic mass is 32.2. The number of rotatable bonds is 6. The number of hydrogen-bond donors (Lipinski definition) is 1. The zero-order chi connectivity index (χ0) is 18.4. The Morgan fingerprint density at radius 1 is 1.20 bits per heavy atom. The number of carbonyl (C=O) groups excluding carboxylic acids is 2. The fourth-order valence-corrected chi connectivity index (χ4v) is 2.81. The van der Waals surface area contributed by atoms with Gasteiger partial charge in [0.15, 0.2) is 6.10 Å². The summed E-state index contributed by atoms with van der Waals surface area (Å²) in [7, 11) is 0. The molecular weight excluding hydrogens is 341 g/mol. The molecule has 2 aromatic carbocycles. The summed E-state index contributed by atoms with van der Waals surface area (Å²) in [5.41, 5.74) is 2.63. The van der Waals surface area contributed by atoms with Crippen molar-refractivity contribution in [2.45, 2.75) is 31.8 Å². The van der Waals surface area contributed by atoms with Crippen molar-refractivity contribution in [3.8, 4) is 0 Å². The van der Waals surface area contributed by atoms with Crippen molar-refractivity contribution >= 4 is 29.3 Å². The SMILES string of the molecule is Cc1ccc(C)c(NC(=O)[C@@H](C)OC(=O)CSc2ccccc2F)c1. The number of aryl methyl sites for hydroxylation is 2. The van der Waals surface area contributed by atoms with Crippen molar-refractivity contribution in [2.24, 2.45) is 0 Å². The van der Waals surface area contributed by atoms with Crippen LogP contribution in [0.15, 0.2) is 47.4 Å². The number of anilines is 1. The Morgan fingerprint density at radius 3 is 2.64 bits per heavy atom. The van der Waals surface area contributed by atoms with Gasteiger partial charge < -0.3 is 10.1 Å². The first-order valence-corrected chi connectivity index (χ1v) is 8.80. The Bertz CT molecular complexity index is 779. The van der Waals surface area contributed by atoms with Gasteiger partial charge in [-0.25, -0.2) is 4.39 Å². The molecule has 2 rings (SSSR count). The van der Waals surface area contributed by atoms with E-state index in [2.05, 4.69) is 5.32 Å². The second-order valence-electron chi connectivity index (χ2n) is 5.66. The maximum absolute atomic E-state index is 13.5. The molecule has 4 nitrogen and oxygen atoms in total. The normalized spacial score (nSPS) is 11.7. The van der Waals surface area contributed by atoms with Crippen molar-refractivity contribution in [2.75, 3.05) is 11.1 Å². The van der Waals surface area contributed by atoms with E-state index in [1.54, 1.807) is 18.2 Å². The number of carbonyl (C=O) groups is 2. The van der Waals surface area contributed by atoms with Crippen LogP contribution in [-0.2, 0) is 14.3 Å². The lowest BCUT2D eigenvalue weighted by Gasteiger charge is -2.15. The minimum Gasteiger partial charge on any atom is -0.452 e. The minimum absolute atomic E-state index is 0.0674. The Labute approximate surface area is 150 Å². The molecule has 1 atom stereocenters. The average molecular weight is 361 g/mol. The Hall–Kier alpha value is -2.34. The number of thioether (sulfide) groups is 1. The van der Waals surface area contributed by atoms with E-state index in [0.29, 0.717) is 10.6 Å². The van der Waals surface area contributed by atoms with Crippen LogP contribution in [0.25, 0.3) is 0 Å². The van der Waals surface area contributed by atoms with Gasteiger partial charge in [-0.15, -0.1) is 11.8 Å². The first-order valence-electron chi connectivity index (χ1n) is 7.81. The summed E-state index contributed by atoms with van der Waals surface area (Å²) in [6, 6.07) is 11.9. The molecule has 132 valence electrons. The summed E-state index contributed by atoms with van der Waals surface area (Å²) in [5, 5.41) is 2.76. The van der Waals surface area contributed by atoms with E-state index in [1.807, 2.05) is 32.0 Å². The molecule has 25 heavy (non-hydrogen) atoms. The van der Waals surface area contributed by atoms with Gasteiger partial charge in [0.1, 0.15) is 5.82 Å². The number of esters is 1. The highest BCUT2D eigenvalue weighted by molar-refractivity contribution is 8.00. The molecule has 1 N–H and O–H groups in total. The molecule has 1 amide bonds. The monoisotopic (exact) mass is 361 g/mol. The van der Waals surface area contributed by atoms with Gasteiger partial charge in [-0.2, -0.15) is 0 Å². The average Bonchev–Trinajstić information content (AvgIpc) is 2.57. The zero-order valence-electron chi connectivity index (χ0n) is 14.3.